The second-order valence-electron chi connectivity index (χ2n) is 7.80. The fourth-order valence-corrected chi connectivity index (χ4v) is 7.06. The number of hydrogen-bond acceptors (Lipinski definition) is 3. The first kappa shape index (κ1) is 18.3. The summed E-state index contributed by atoms with van der Waals surface area (Å²) in [6, 6.07) is 0.438. The molecular weight excluding hydrogens is 380 g/mol. The molecule has 2 aliphatic heterocycles. The van der Waals surface area contributed by atoms with Gasteiger partial charge in [0.25, 0.3) is 5.01 Å². The van der Waals surface area contributed by atoms with Crippen LogP contribution in [0.15, 0.2) is 59.2 Å². The van der Waals surface area contributed by atoms with Gasteiger partial charge in [0.1, 0.15) is 11.4 Å². The summed E-state index contributed by atoms with van der Waals surface area (Å²) in [5.41, 5.74) is 4.21. The van der Waals surface area contributed by atoms with Crippen LogP contribution in [0.2, 0.25) is 0 Å². The largest absolute Gasteiger partial charge is 0.364 e. The fourth-order valence-electron chi connectivity index (χ4n) is 4.82. The van der Waals surface area contributed by atoms with E-state index in [-0.39, 0.29) is 0 Å². The maximum atomic E-state index is 2.55. The molecule has 0 radical (unpaired) electrons. The Balaban J connectivity index is 1.56. The molecule has 28 heavy (non-hydrogen) atoms. The molecule has 2 aliphatic carbocycles. The Bertz CT molecular complexity index is 973. The lowest BCUT2D eigenvalue weighted by atomic mass is 9.87. The molecule has 0 fully saturated rings. The summed E-state index contributed by atoms with van der Waals surface area (Å²) in [6.45, 7) is 8.78. The molecule has 0 spiro atoms. The number of hydrogen-bond donors (Lipinski definition) is 0. The molecule has 5 rings (SSSR count). The van der Waals surface area contributed by atoms with Gasteiger partial charge in [0.2, 0.25) is 5.69 Å². The van der Waals surface area contributed by atoms with Crippen LogP contribution in [0.25, 0.3) is 12.2 Å². The van der Waals surface area contributed by atoms with Crippen molar-refractivity contribution >= 4 is 35.3 Å². The summed E-state index contributed by atoms with van der Waals surface area (Å²) < 4.78 is 2.54. The first-order valence-corrected chi connectivity index (χ1v) is 12.1. The minimum Gasteiger partial charge on any atom is -0.364 e. The lowest BCUT2D eigenvalue weighted by Crippen LogP contribution is -2.42. The monoisotopic (exact) mass is 407 g/mol. The Morgan fingerprint density at radius 2 is 2.00 bits per heavy atom. The molecule has 0 saturated heterocycles. The van der Waals surface area contributed by atoms with Gasteiger partial charge >= 0.3 is 0 Å². The topological polar surface area (TPSA) is 7.12 Å². The number of rotatable bonds is 3. The van der Waals surface area contributed by atoms with Gasteiger partial charge in [-0.25, -0.2) is 0 Å². The molecule has 0 aromatic carbocycles. The van der Waals surface area contributed by atoms with E-state index in [0.29, 0.717) is 23.1 Å². The number of allylic oxidation sites excluding steroid dienone is 4. The molecule has 1 aromatic heterocycles. The van der Waals surface area contributed by atoms with Crippen LogP contribution >= 0.6 is 23.1 Å². The van der Waals surface area contributed by atoms with E-state index >= 15 is 0 Å². The summed E-state index contributed by atoms with van der Waals surface area (Å²) >= 11 is 3.88. The predicted molar refractivity (Wildman–Crippen MR) is 122 cm³/mol. The number of aromatic nitrogens is 1. The third-order valence-corrected chi connectivity index (χ3v) is 8.36. The molecule has 144 valence electrons. The highest BCUT2D eigenvalue weighted by Crippen LogP contribution is 2.43. The highest BCUT2D eigenvalue weighted by Gasteiger charge is 2.38. The molecule has 1 aromatic rings. The summed E-state index contributed by atoms with van der Waals surface area (Å²) in [5, 5.41) is 4.22. The van der Waals surface area contributed by atoms with Gasteiger partial charge in [-0.1, -0.05) is 53.4 Å². The fraction of sp³-hybridized carbons (Fsp3) is 0.375. The van der Waals surface area contributed by atoms with Gasteiger partial charge in [-0.15, -0.1) is 11.8 Å². The minimum atomic E-state index is 0.438. The molecule has 4 unspecified atom stereocenters. The molecule has 2 nitrogen and oxygen atoms in total. The van der Waals surface area contributed by atoms with Crippen molar-refractivity contribution in [1.82, 2.24) is 4.90 Å². The Morgan fingerprint density at radius 3 is 2.82 bits per heavy atom. The van der Waals surface area contributed by atoms with Gasteiger partial charge in [-0.3, -0.25) is 0 Å². The van der Waals surface area contributed by atoms with Crippen LogP contribution in [0.5, 0.6) is 0 Å². The maximum absolute atomic E-state index is 2.55. The molecule has 4 aliphatic rings. The Labute approximate surface area is 176 Å². The average Bonchev–Trinajstić information content (AvgIpc) is 3.31. The molecule has 0 N–H and O–H groups in total. The van der Waals surface area contributed by atoms with Gasteiger partial charge in [0.05, 0.1) is 12.0 Å². The molecule has 4 atom stereocenters. The first-order chi connectivity index (χ1) is 13.7. The third kappa shape index (κ3) is 2.89. The van der Waals surface area contributed by atoms with E-state index in [9.17, 15) is 0 Å². The van der Waals surface area contributed by atoms with E-state index < -0.39 is 0 Å². The molecule has 3 heterocycles. The van der Waals surface area contributed by atoms with Crippen LogP contribution in [0.3, 0.4) is 0 Å². The number of thiazole rings is 1. The van der Waals surface area contributed by atoms with Crippen molar-refractivity contribution in [2.24, 2.45) is 5.92 Å². The standard InChI is InChI=1S/C24H27N2S2/c1-4-25-18(8-7-17-14-16(3)6-9-20(17)25)15-23-26(5-2)24-19-12-13-27-21(19)10-11-22(24)28-23/h6-15,17,19-21H,4-5H2,1-3H3/q+1. The highest BCUT2D eigenvalue weighted by atomic mass is 32.2. The van der Waals surface area contributed by atoms with Crippen LogP contribution in [-0.2, 0) is 6.54 Å². The second-order valence-corrected chi connectivity index (χ2v) is 9.95. The number of likely N-dealkylation sites (N-methyl/N-ethyl adjacent to an activating group) is 1. The van der Waals surface area contributed by atoms with Gasteiger partial charge < -0.3 is 4.90 Å². The zero-order chi connectivity index (χ0) is 19.3. The Hall–Kier alpha value is -1.78. The summed E-state index contributed by atoms with van der Waals surface area (Å²) in [7, 11) is 0. The van der Waals surface area contributed by atoms with Gasteiger partial charge in [-0.2, -0.15) is 4.57 Å². The molecular formula is C24H27N2S2+. The molecule has 4 heteroatoms. The van der Waals surface area contributed by atoms with Gasteiger partial charge in [0, 0.05) is 29.5 Å². The van der Waals surface area contributed by atoms with Crippen LogP contribution < -0.4 is 4.57 Å². The molecule has 0 saturated carbocycles. The van der Waals surface area contributed by atoms with E-state index in [1.54, 1.807) is 0 Å². The van der Waals surface area contributed by atoms with E-state index in [2.05, 4.69) is 90.3 Å². The lowest BCUT2D eigenvalue weighted by Gasteiger charge is -2.39. The van der Waals surface area contributed by atoms with E-state index in [0.717, 1.165) is 13.1 Å². The zero-order valence-electron chi connectivity index (χ0n) is 16.7. The van der Waals surface area contributed by atoms with Crippen LogP contribution in [-0.4, -0.2) is 22.7 Å². The number of nitrogens with zero attached hydrogens (tertiary/aromatic N) is 2. The number of thioether (sulfide) groups is 1. The molecule has 0 bridgehead atoms. The van der Waals surface area contributed by atoms with E-state index in [4.69, 9.17) is 0 Å². The predicted octanol–water partition coefficient (Wildman–Crippen LogP) is 5.53. The molecule has 0 amide bonds. The van der Waals surface area contributed by atoms with Crippen LogP contribution in [0.1, 0.15) is 42.3 Å². The highest BCUT2D eigenvalue weighted by molar-refractivity contribution is 8.03. The summed E-state index contributed by atoms with van der Waals surface area (Å²) in [5.74, 6) is 1.01. The van der Waals surface area contributed by atoms with Crippen molar-refractivity contribution in [2.75, 3.05) is 6.54 Å². The van der Waals surface area contributed by atoms with Crippen molar-refractivity contribution in [3.8, 4) is 0 Å². The quantitative estimate of drug-likeness (QED) is 0.608. The first-order valence-electron chi connectivity index (χ1n) is 10.3. The zero-order valence-corrected chi connectivity index (χ0v) is 18.3. The van der Waals surface area contributed by atoms with Crippen molar-refractivity contribution < 1.29 is 4.57 Å². The third-order valence-electron chi connectivity index (χ3n) is 6.17. The minimum absolute atomic E-state index is 0.438. The maximum Gasteiger partial charge on any atom is 0.264 e. The van der Waals surface area contributed by atoms with Gasteiger partial charge in [-0.05, 0) is 38.3 Å². The SMILES string of the molecule is CCN1/C(=C/c2sc3c([n+]2CC)C2C=CSC2C=C3)C=CC2C=C(C)C=CC21. The second kappa shape index (κ2) is 7.23. The normalized spacial score (nSPS) is 31.2. The summed E-state index contributed by atoms with van der Waals surface area (Å²) in [6.07, 6.45) is 21.3. The Morgan fingerprint density at radius 1 is 1.11 bits per heavy atom. The van der Waals surface area contributed by atoms with Crippen molar-refractivity contribution in [3.05, 3.63) is 74.8 Å². The van der Waals surface area contributed by atoms with Gasteiger partial charge in [0.15, 0.2) is 0 Å². The van der Waals surface area contributed by atoms with Crippen LogP contribution in [0, 0.1) is 5.92 Å². The van der Waals surface area contributed by atoms with Crippen molar-refractivity contribution in [1.29, 1.82) is 0 Å². The van der Waals surface area contributed by atoms with Crippen molar-refractivity contribution in [2.45, 2.75) is 44.5 Å². The Kier molecular flexibility index (Phi) is 4.72. The summed E-state index contributed by atoms with van der Waals surface area (Å²) in [4.78, 5) is 3.98. The van der Waals surface area contributed by atoms with Crippen LogP contribution in [0.4, 0.5) is 0 Å². The van der Waals surface area contributed by atoms with E-state index in [1.165, 1.54) is 26.8 Å². The lowest BCUT2D eigenvalue weighted by molar-refractivity contribution is -0.698. The van der Waals surface area contributed by atoms with E-state index in [1.807, 2.05) is 23.1 Å². The smallest absolute Gasteiger partial charge is 0.264 e. The average molecular weight is 408 g/mol. The van der Waals surface area contributed by atoms with Crippen molar-refractivity contribution in [3.63, 3.8) is 0 Å². The number of fused-ring (bicyclic) bond motifs is 4.